The minimum Gasteiger partial charge on any atom is -0.370 e. The minimum absolute atomic E-state index is 0.0440. The van der Waals surface area contributed by atoms with E-state index in [4.69, 9.17) is 5.26 Å². The third kappa shape index (κ3) is 2.75. The maximum atomic E-state index is 11.1. The number of nitrogens with zero attached hydrogens (tertiary/aromatic N) is 3. The maximum absolute atomic E-state index is 11.1. The summed E-state index contributed by atoms with van der Waals surface area (Å²) in [7, 11) is 0. The molecule has 0 bridgehead atoms. The fourth-order valence-corrected chi connectivity index (χ4v) is 2.59. The van der Waals surface area contributed by atoms with Gasteiger partial charge in [0.1, 0.15) is 22.3 Å². The highest BCUT2D eigenvalue weighted by atomic mass is 32.1. The smallest absolute Gasteiger partial charge is 0.309 e. The van der Waals surface area contributed by atoms with E-state index in [1.54, 1.807) is 18.3 Å². The number of nitrogens with one attached hydrogen (secondary N) is 1. The summed E-state index contributed by atoms with van der Waals surface area (Å²) in [6.45, 7) is 3.83. The van der Waals surface area contributed by atoms with E-state index in [9.17, 15) is 10.1 Å². The van der Waals surface area contributed by atoms with E-state index < -0.39 is 4.92 Å². The van der Waals surface area contributed by atoms with Crippen LogP contribution in [-0.2, 0) is 0 Å². The Labute approximate surface area is 119 Å². The number of nitro groups is 1. The Morgan fingerprint density at radius 3 is 2.85 bits per heavy atom. The van der Waals surface area contributed by atoms with Gasteiger partial charge in [-0.25, -0.2) is 4.98 Å². The third-order valence-corrected chi connectivity index (χ3v) is 3.82. The molecule has 1 atom stereocenters. The number of nitriles is 1. The molecule has 0 aliphatic rings. The number of benzene rings is 1. The van der Waals surface area contributed by atoms with Crippen molar-refractivity contribution in [3.63, 3.8) is 0 Å². The van der Waals surface area contributed by atoms with Crippen molar-refractivity contribution in [2.75, 3.05) is 5.32 Å². The standard InChI is InChI=1S/C13H12N4O2S/c1-8-7-15-13(20-8)9(2)16-11-5-3-4-10(6-14)12(11)17(18)19/h3-5,7,9,16H,1-2H3. The molecule has 1 unspecified atom stereocenters. The molecule has 0 saturated heterocycles. The Balaban J connectivity index is 2.34. The van der Waals surface area contributed by atoms with Gasteiger partial charge in [-0.1, -0.05) is 6.07 Å². The van der Waals surface area contributed by atoms with Gasteiger partial charge in [0.25, 0.3) is 0 Å². The number of aromatic nitrogens is 1. The quantitative estimate of drug-likeness (QED) is 0.687. The summed E-state index contributed by atoms with van der Waals surface area (Å²) in [4.78, 5) is 15.9. The fraction of sp³-hybridized carbons (Fsp3) is 0.231. The summed E-state index contributed by atoms with van der Waals surface area (Å²) < 4.78 is 0. The number of anilines is 1. The van der Waals surface area contributed by atoms with Crippen LogP contribution in [0.3, 0.4) is 0 Å². The predicted octanol–water partition coefficient (Wildman–Crippen LogP) is 3.40. The molecular formula is C13H12N4O2S. The number of hydrogen-bond acceptors (Lipinski definition) is 6. The predicted molar refractivity (Wildman–Crippen MR) is 76.7 cm³/mol. The molecule has 0 fully saturated rings. The Morgan fingerprint density at radius 1 is 1.55 bits per heavy atom. The number of nitro benzene ring substituents is 1. The molecule has 102 valence electrons. The highest BCUT2D eigenvalue weighted by Gasteiger charge is 2.21. The SMILES string of the molecule is Cc1cnc(C(C)Nc2cccc(C#N)c2[N+](=O)[O-])s1. The van der Waals surface area contributed by atoms with Gasteiger partial charge in [-0.2, -0.15) is 5.26 Å². The summed E-state index contributed by atoms with van der Waals surface area (Å²) in [5.41, 5.74) is 0.173. The van der Waals surface area contributed by atoms with Gasteiger partial charge in [0.2, 0.25) is 0 Å². The zero-order valence-corrected chi connectivity index (χ0v) is 11.8. The molecule has 0 aliphatic heterocycles. The second kappa shape index (κ2) is 5.67. The lowest BCUT2D eigenvalue weighted by Crippen LogP contribution is -2.08. The van der Waals surface area contributed by atoms with Gasteiger partial charge in [0.05, 0.1) is 11.0 Å². The van der Waals surface area contributed by atoms with Crippen LogP contribution in [-0.4, -0.2) is 9.91 Å². The van der Waals surface area contributed by atoms with E-state index in [2.05, 4.69) is 10.3 Å². The first-order chi connectivity index (χ1) is 9.52. The number of para-hydroxylation sites is 1. The number of thiazole rings is 1. The zero-order valence-electron chi connectivity index (χ0n) is 11.0. The lowest BCUT2D eigenvalue weighted by atomic mass is 10.1. The Bertz CT molecular complexity index is 690. The van der Waals surface area contributed by atoms with Crippen LogP contribution in [0.2, 0.25) is 0 Å². The third-order valence-electron chi connectivity index (χ3n) is 2.72. The molecule has 0 radical (unpaired) electrons. The van der Waals surface area contributed by atoms with Gasteiger partial charge in [0.15, 0.2) is 0 Å². The number of hydrogen-bond donors (Lipinski definition) is 1. The molecule has 1 N–H and O–H groups in total. The van der Waals surface area contributed by atoms with Crippen molar-refractivity contribution < 1.29 is 4.92 Å². The number of aryl methyl sites for hydroxylation is 1. The first-order valence-electron chi connectivity index (χ1n) is 5.89. The second-order valence-electron chi connectivity index (χ2n) is 4.25. The highest BCUT2D eigenvalue weighted by molar-refractivity contribution is 7.11. The molecule has 2 rings (SSSR count). The van der Waals surface area contributed by atoms with Crippen LogP contribution < -0.4 is 5.32 Å². The topological polar surface area (TPSA) is 91.8 Å². The first-order valence-corrected chi connectivity index (χ1v) is 6.71. The molecule has 0 saturated carbocycles. The molecule has 1 aromatic heterocycles. The average Bonchev–Trinajstić information content (AvgIpc) is 2.84. The molecular weight excluding hydrogens is 276 g/mol. The van der Waals surface area contributed by atoms with Crippen LogP contribution >= 0.6 is 11.3 Å². The largest absolute Gasteiger partial charge is 0.370 e. The van der Waals surface area contributed by atoms with Crippen molar-refractivity contribution in [3.05, 3.63) is 50.0 Å². The van der Waals surface area contributed by atoms with Crippen LogP contribution in [0.4, 0.5) is 11.4 Å². The van der Waals surface area contributed by atoms with E-state index in [0.29, 0.717) is 5.69 Å². The Morgan fingerprint density at radius 2 is 2.30 bits per heavy atom. The summed E-state index contributed by atoms with van der Waals surface area (Å²) in [6.07, 6.45) is 1.76. The normalized spacial score (nSPS) is 11.7. The van der Waals surface area contributed by atoms with E-state index in [0.717, 1.165) is 9.88 Å². The minimum atomic E-state index is -0.541. The summed E-state index contributed by atoms with van der Waals surface area (Å²) in [6, 6.07) is 6.32. The lowest BCUT2D eigenvalue weighted by molar-refractivity contribution is -0.384. The molecule has 0 amide bonds. The van der Waals surface area contributed by atoms with Gasteiger partial charge in [-0.05, 0) is 26.0 Å². The van der Waals surface area contributed by atoms with E-state index in [-0.39, 0.29) is 17.3 Å². The zero-order chi connectivity index (χ0) is 14.7. The average molecular weight is 288 g/mol. The molecule has 20 heavy (non-hydrogen) atoms. The van der Waals surface area contributed by atoms with E-state index >= 15 is 0 Å². The molecule has 1 aromatic carbocycles. The lowest BCUT2D eigenvalue weighted by Gasteiger charge is -2.13. The maximum Gasteiger partial charge on any atom is 0.309 e. The summed E-state index contributed by atoms with van der Waals surface area (Å²) in [5, 5.41) is 24.0. The summed E-state index contributed by atoms with van der Waals surface area (Å²) in [5.74, 6) is 0. The van der Waals surface area contributed by atoms with Crippen LogP contribution in [0.5, 0.6) is 0 Å². The molecule has 2 aromatic rings. The van der Waals surface area contributed by atoms with Crippen LogP contribution in [0.25, 0.3) is 0 Å². The van der Waals surface area contributed by atoms with Crippen LogP contribution in [0, 0.1) is 28.4 Å². The molecule has 7 heteroatoms. The molecule has 6 nitrogen and oxygen atoms in total. The van der Waals surface area contributed by atoms with Crippen molar-refractivity contribution in [1.82, 2.24) is 4.98 Å². The van der Waals surface area contributed by atoms with Crippen molar-refractivity contribution in [1.29, 1.82) is 5.26 Å². The fourth-order valence-electron chi connectivity index (χ4n) is 1.81. The Hall–Kier alpha value is -2.46. The highest BCUT2D eigenvalue weighted by Crippen LogP contribution is 2.31. The second-order valence-corrected chi connectivity index (χ2v) is 5.51. The van der Waals surface area contributed by atoms with Gasteiger partial charge in [-0.15, -0.1) is 11.3 Å². The molecule has 0 spiro atoms. The van der Waals surface area contributed by atoms with E-state index in [1.165, 1.54) is 17.4 Å². The van der Waals surface area contributed by atoms with Crippen molar-refractivity contribution in [2.45, 2.75) is 19.9 Å². The van der Waals surface area contributed by atoms with Crippen LogP contribution in [0.1, 0.15) is 28.4 Å². The number of rotatable bonds is 4. The molecule has 1 heterocycles. The summed E-state index contributed by atoms with van der Waals surface area (Å²) >= 11 is 1.53. The van der Waals surface area contributed by atoms with Gasteiger partial charge >= 0.3 is 5.69 Å². The monoisotopic (exact) mass is 288 g/mol. The van der Waals surface area contributed by atoms with Gasteiger partial charge in [-0.3, -0.25) is 10.1 Å². The Kier molecular flexibility index (Phi) is 3.96. The first kappa shape index (κ1) is 14.0. The van der Waals surface area contributed by atoms with Crippen LogP contribution in [0.15, 0.2) is 24.4 Å². The van der Waals surface area contributed by atoms with Gasteiger partial charge in [0, 0.05) is 11.1 Å². The van der Waals surface area contributed by atoms with Crippen molar-refractivity contribution >= 4 is 22.7 Å². The van der Waals surface area contributed by atoms with Gasteiger partial charge < -0.3 is 5.32 Å². The van der Waals surface area contributed by atoms with Crippen molar-refractivity contribution in [2.24, 2.45) is 0 Å². The van der Waals surface area contributed by atoms with Crippen molar-refractivity contribution in [3.8, 4) is 6.07 Å². The molecule has 0 aliphatic carbocycles. The van der Waals surface area contributed by atoms with E-state index in [1.807, 2.05) is 19.9 Å².